The molecule has 0 unspecified atom stereocenters. The summed E-state index contributed by atoms with van der Waals surface area (Å²) in [6.45, 7) is 0. The van der Waals surface area contributed by atoms with E-state index in [1.165, 1.54) is 17.9 Å². The molecule has 2 amide bonds. The number of carbonyl (C=O) groups excluding carboxylic acids is 2. The topological polar surface area (TPSA) is 63.4 Å². The van der Waals surface area contributed by atoms with Gasteiger partial charge in [0, 0.05) is 6.07 Å². The lowest BCUT2D eigenvalue weighted by atomic mass is 10.2. The molecule has 6 nitrogen and oxygen atoms in total. The molecule has 1 aromatic heterocycles. The lowest BCUT2D eigenvalue weighted by Gasteiger charge is -2.06. The van der Waals surface area contributed by atoms with Crippen LogP contribution >= 0.6 is 0 Å². The van der Waals surface area contributed by atoms with Crippen molar-refractivity contribution >= 4 is 28.7 Å². The molecule has 4 rings (SSSR count). The zero-order valence-corrected chi connectivity index (χ0v) is 12.3. The molecule has 0 bridgehead atoms. The van der Waals surface area contributed by atoms with Crippen molar-refractivity contribution in [2.45, 2.75) is 0 Å². The van der Waals surface area contributed by atoms with Crippen LogP contribution in [-0.2, 0) is 0 Å². The summed E-state index contributed by atoms with van der Waals surface area (Å²) in [6.07, 6.45) is 1.43. The molecule has 0 N–H and O–H groups in total. The Labute approximate surface area is 131 Å². The molecule has 112 valence electrons. The van der Waals surface area contributed by atoms with E-state index in [9.17, 15) is 9.59 Å². The minimum atomic E-state index is -0.420. The third kappa shape index (κ3) is 1.88. The molecule has 23 heavy (non-hydrogen) atoms. The van der Waals surface area contributed by atoms with Gasteiger partial charge in [-0.25, -0.2) is 9.78 Å². The van der Waals surface area contributed by atoms with Gasteiger partial charge in [-0.05, 0) is 24.3 Å². The summed E-state index contributed by atoms with van der Waals surface area (Å²) in [6, 6.07) is 13.6. The second-order valence-corrected chi connectivity index (χ2v) is 5.09. The van der Waals surface area contributed by atoms with Gasteiger partial charge in [-0.15, -0.1) is 9.47 Å². The largest absolute Gasteiger partial charge is 0.512 e. The minimum Gasteiger partial charge on any atom is -0.497 e. The van der Waals surface area contributed by atoms with E-state index in [-0.39, 0.29) is 5.69 Å². The summed E-state index contributed by atoms with van der Waals surface area (Å²) in [5.41, 5.74) is 1.97. The highest BCUT2D eigenvalue weighted by Gasteiger charge is 2.48. The summed E-state index contributed by atoms with van der Waals surface area (Å²) in [7, 11) is 1.54. The average molecular weight is 306 g/mol. The average Bonchev–Trinajstić information content (AvgIpc) is 2.86. The van der Waals surface area contributed by atoms with Crippen molar-refractivity contribution in [1.29, 1.82) is 0 Å². The molecule has 2 heterocycles. The van der Waals surface area contributed by atoms with Crippen molar-refractivity contribution in [3.63, 3.8) is 0 Å². The van der Waals surface area contributed by atoms with Crippen molar-refractivity contribution in [1.82, 2.24) is 4.98 Å². The number of nitrogens with zero attached hydrogens (tertiary/aromatic N) is 3. The quantitative estimate of drug-likeness (QED) is 0.681. The van der Waals surface area contributed by atoms with Crippen molar-refractivity contribution in [3.8, 4) is 5.75 Å². The number of hydrogen-bond donors (Lipinski definition) is 0. The molecule has 0 saturated heterocycles. The van der Waals surface area contributed by atoms with E-state index < -0.39 is 11.9 Å². The number of ether oxygens (including phenoxy) is 1. The maximum absolute atomic E-state index is 12.8. The van der Waals surface area contributed by atoms with E-state index in [2.05, 4.69) is 4.98 Å². The Hall–Kier alpha value is -3.28. The monoisotopic (exact) mass is 306 g/mol. The van der Waals surface area contributed by atoms with Gasteiger partial charge in [-0.1, -0.05) is 18.2 Å². The first-order chi connectivity index (χ1) is 11.2. The molecule has 2 aromatic carbocycles. The zero-order valence-electron chi connectivity index (χ0n) is 12.3. The third-order valence-corrected chi connectivity index (χ3v) is 3.81. The number of amides is 2. The zero-order chi connectivity index (χ0) is 16.0. The van der Waals surface area contributed by atoms with Gasteiger partial charge < -0.3 is 4.74 Å². The molecule has 0 aliphatic carbocycles. The van der Waals surface area contributed by atoms with Gasteiger partial charge in [0.25, 0.3) is 0 Å². The standard InChI is InChI=1S/C17H12N3O3/c1-23-12-6-4-5-11(9-12)19-16(21)15-10-18-13-7-2-3-8-14(13)20(15)17(19)22/h2-10H,1H3/q+1. The highest BCUT2D eigenvalue weighted by Crippen LogP contribution is 2.25. The summed E-state index contributed by atoms with van der Waals surface area (Å²) in [5.74, 6) is 0.175. The van der Waals surface area contributed by atoms with Crippen LogP contribution in [0.15, 0.2) is 54.7 Å². The summed E-state index contributed by atoms with van der Waals surface area (Å²) in [4.78, 5) is 30.9. The van der Waals surface area contributed by atoms with Crippen LogP contribution in [0.5, 0.6) is 5.75 Å². The Morgan fingerprint density at radius 2 is 1.91 bits per heavy atom. The first-order valence-corrected chi connectivity index (χ1v) is 7.03. The van der Waals surface area contributed by atoms with Crippen LogP contribution < -0.4 is 14.2 Å². The van der Waals surface area contributed by atoms with E-state index in [1.54, 1.807) is 36.4 Å². The van der Waals surface area contributed by atoms with Crippen LogP contribution in [-0.4, -0.2) is 24.0 Å². The van der Waals surface area contributed by atoms with E-state index >= 15 is 0 Å². The maximum Gasteiger partial charge on any atom is 0.512 e. The Bertz CT molecular complexity index is 968. The van der Waals surface area contributed by atoms with Gasteiger partial charge >= 0.3 is 11.9 Å². The number of benzene rings is 2. The van der Waals surface area contributed by atoms with E-state index in [1.807, 2.05) is 12.1 Å². The number of hydrogen-bond acceptors (Lipinski definition) is 4. The van der Waals surface area contributed by atoms with Crippen molar-refractivity contribution < 1.29 is 18.9 Å². The highest BCUT2D eigenvalue weighted by atomic mass is 16.5. The Morgan fingerprint density at radius 1 is 1.09 bits per heavy atom. The smallest absolute Gasteiger partial charge is 0.497 e. The molecule has 3 aromatic rings. The fraction of sp³-hybridized carbons (Fsp3) is 0.0588. The van der Waals surface area contributed by atoms with E-state index in [0.29, 0.717) is 22.5 Å². The van der Waals surface area contributed by atoms with Gasteiger partial charge in [0.15, 0.2) is 5.52 Å². The first kappa shape index (κ1) is 13.4. The lowest BCUT2D eigenvalue weighted by Crippen LogP contribution is -2.46. The van der Waals surface area contributed by atoms with Crippen LogP contribution in [0.1, 0.15) is 10.5 Å². The predicted octanol–water partition coefficient (Wildman–Crippen LogP) is 2.16. The molecule has 6 heteroatoms. The minimum absolute atomic E-state index is 0.247. The molecule has 1 aliphatic heterocycles. The van der Waals surface area contributed by atoms with Crippen LogP contribution in [0.3, 0.4) is 0 Å². The van der Waals surface area contributed by atoms with E-state index in [0.717, 1.165) is 4.90 Å². The fourth-order valence-electron chi connectivity index (χ4n) is 2.72. The highest BCUT2D eigenvalue weighted by molar-refractivity contribution is 6.21. The number of fused-ring (bicyclic) bond motifs is 3. The first-order valence-electron chi connectivity index (χ1n) is 7.03. The van der Waals surface area contributed by atoms with Crippen molar-refractivity contribution in [3.05, 3.63) is 60.4 Å². The van der Waals surface area contributed by atoms with Gasteiger partial charge in [0.2, 0.25) is 5.69 Å². The van der Waals surface area contributed by atoms with E-state index in [4.69, 9.17) is 4.74 Å². The number of aromatic nitrogens is 2. The molecular formula is C17H12N3O3+. The summed E-state index contributed by atoms with van der Waals surface area (Å²) < 4.78 is 6.56. The second kappa shape index (κ2) is 4.88. The van der Waals surface area contributed by atoms with Crippen LogP contribution in [0.25, 0.3) is 11.0 Å². The second-order valence-electron chi connectivity index (χ2n) is 5.09. The molecule has 0 atom stereocenters. The molecule has 0 radical (unpaired) electrons. The molecule has 0 saturated carbocycles. The lowest BCUT2D eigenvalue weighted by molar-refractivity contribution is -0.537. The van der Waals surface area contributed by atoms with Gasteiger partial charge in [0.1, 0.15) is 17.0 Å². The molecule has 0 fully saturated rings. The molecular weight excluding hydrogens is 294 g/mol. The number of rotatable bonds is 2. The van der Waals surface area contributed by atoms with Crippen molar-refractivity contribution in [2.75, 3.05) is 12.0 Å². The fourth-order valence-corrected chi connectivity index (χ4v) is 2.72. The van der Waals surface area contributed by atoms with Crippen LogP contribution in [0.2, 0.25) is 0 Å². The number of carbonyl (C=O) groups is 2. The molecule has 1 aliphatic rings. The predicted molar refractivity (Wildman–Crippen MR) is 82.5 cm³/mol. The number of anilines is 1. The van der Waals surface area contributed by atoms with Crippen LogP contribution in [0.4, 0.5) is 10.5 Å². The van der Waals surface area contributed by atoms with Crippen LogP contribution in [0, 0.1) is 0 Å². The molecule has 0 spiro atoms. The Balaban J connectivity index is 1.91. The summed E-state index contributed by atoms with van der Waals surface area (Å²) in [5, 5.41) is 0. The SMILES string of the molecule is COc1cccc(N2C(=O)c3cnc4ccccc4[n+]3C2=O)c1. The Kier molecular flexibility index (Phi) is 2.84. The number of methoxy groups -OCH3 is 1. The third-order valence-electron chi connectivity index (χ3n) is 3.81. The Morgan fingerprint density at radius 3 is 2.74 bits per heavy atom. The van der Waals surface area contributed by atoms with Crippen molar-refractivity contribution in [2.24, 2.45) is 0 Å². The summed E-state index contributed by atoms with van der Waals surface area (Å²) >= 11 is 0. The number of para-hydroxylation sites is 2. The maximum atomic E-state index is 12.8. The number of imide groups is 1. The normalized spacial score (nSPS) is 13.5. The van der Waals surface area contributed by atoms with Gasteiger partial charge in [0.05, 0.1) is 13.3 Å². The van der Waals surface area contributed by atoms with Gasteiger partial charge in [-0.3, -0.25) is 0 Å². The van der Waals surface area contributed by atoms with Gasteiger partial charge in [-0.2, -0.15) is 4.79 Å².